The summed E-state index contributed by atoms with van der Waals surface area (Å²) in [4.78, 5) is 0. The molecule has 4 bridgehead atoms. The number of aliphatic hydroxyl groups is 1. The molecule has 0 amide bonds. The average molecular weight is 162 g/mol. The molecule has 4 rings (SSSR count). The predicted octanol–water partition coefficient (Wildman–Crippen LogP) is 1.75. The third-order valence-electron chi connectivity index (χ3n) is 4.51. The summed E-state index contributed by atoms with van der Waals surface area (Å²) in [6.45, 7) is 8.40. The SMILES string of the molecule is C=C1C2C3C=CC1(C)C(O)C32C. The van der Waals surface area contributed by atoms with E-state index in [9.17, 15) is 5.11 Å². The Hall–Kier alpha value is -0.560. The van der Waals surface area contributed by atoms with Crippen molar-refractivity contribution < 1.29 is 5.11 Å². The fourth-order valence-corrected chi connectivity index (χ4v) is 3.49. The molecule has 5 atom stereocenters. The van der Waals surface area contributed by atoms with Crippen molar-refractivity contribution in [3.8, 4) is 0 Å². The van der Waals surface area contributed by atoms with Crippen LogP contribution in [0.1, 0.15) is 13.8 Å². The summed E-state index contributed by atoms with van der Waals surface area (Å²) in [5.41, 5.74) is 1.28. The van der Waals surface area contributed by atoms with Crippen LogP contribution in [-0.4, -0.2) is 11.2 Å². The molecule has 2 fully saturated rings. The van der Waals surface area contributed by atoms with E-state index >= 15 is 0 Å². The lowest BCUT2D eigenvalue weighted by molar-refractivity contribution is 0.0391. The average Bonchev–Trinajstić information content (AvgIpc) is 2.61. The molecule has 4 aliphatic carbocycles. The lowest BCUT2D eigenvalue weighted by atomic mass is 9.71. The van der Waals surface area contributed by atoms with Gasteiger partial charge in [-0.05, 0) is 18.8 Å². The van der Waals surface area contributed by atoms with Crippen LogP contribution < -0.4 is 0 Å². The third kappa shape index (κ3) is 0.392. The first-order chi connectivity index (χ1) is 5.53. The number of hydrogen-bond acceptors (Lipinski definition) is 1. The van der Waals surface area contributed by atoms with E-state index < -0.39 is 0 Å². The van der Waals surface area contributed by atoms with Crippen molar-refractivity contribution in [2.75, 3.05) is 0 Å². The van der Waals surface area contributed by atoms with Crippen LogP contribution >= 0.6 is 0 Å². The minimum absolute atomic E-state index is 0.117. The van der Waals surface area contributed by atoms with Gasteiger partial charge in [0.15, 0.2) is 0 Å². The molecule has 4 aliphatic rings. The molecular weight excluding hydrogens is 148 g/mol. The van der Waals surface area contributed by atoms with Crippen LogP contribution in [0, 0.1) is 22.7 Å². The summed E-state index contributed by atoms with van der Waals surface area (Å²) in [7, 11) is 0. The number of rotatable bonds is 0. The van der Waals surface area contributed by atoms with Gasteiger partial charge in [0.05, 0.1) is 6.10 Å². The smallest absolute Gasteiger partial charge is 0.0730 e. The summed E-state index contributed by atoms with van der Waals surface area (Å²) < 4.78 is 0. The zero-order chi connectivity index (χ0) is 8.72. The molecule has 1 N–H and O–H groups in total. The van der Waals surface area contributed by atoms with Crippen molar-refractivity contribution in [2.24, 2.45) is 22.7 Å². The second-order valence-electron chi connectivity index (χ2n) is 4.94. The quantitative estimate of drug-likeness (QED) is 0.538. The van der Waals surface area contributed by atoms with Crippen molar-refractivity contribution >= 4 is 0 Å². The van der Waals surface area contributed by atoms with E-state index in [4.69, 9.17) is 0 Å². The molecule has 0 radical (unpaired) electrons. The summed E-state index contributed by atoms with van der Waals surface area (Å²) in [6, 6.07) is 0. The lowest BCUT2D eigenvalue weighted by Crippen LogP contribution is -2.37. The van der Waals surface area contributed by atoms with Gasteiger partial charge >= 0.3 is 0 Å². The minimum Gasteiger partial charge on any atom is -0.391 e. The molecule has 0 saturated heterocycles. The Bertz CT molecular complexity index is 317. The Kier molecular flexibility index (Phi) is 0.827. The van der Waals surface area contributed by atoms with Gasteiger partial charge in [-0.15, -0.1) is 0 Å². The van der Waals surface area contributed by atoms with Gasteiger partial charge in [0.2, 0.25) is 0 Å². The summed E-state index contributed by atoms with van der Waals surface area (Å²) in [6.07, 6.45) is 4.22. The topological polar surface area (TPSA) is 20.2 Å². The summed E-state index contributed by atoms with van der Waals surface area (Å²) >= 11 is 0. The molecule has 12 heavy (non-hydrogen) atoms. The number of allylic oxidation sites excluding steroid dienone is 1. The van der Waals surface area contributed by atoms with E-state index in [2.05, 4.69) is 32.6 Å². The van der Waals surface area contributed by atoms with Crippen molar-refractivity contribution in [3.63, 3.8) is 0 Å². The Labute approximate surface area is 72.8 Å². The fourth-order valence-electron chi connectivity index (χ4n) is 3.49. The molecule has 2 saturated carbocycles. The van der Waals surface area contributed by atoms with Crippen molar-refractivity contribution in [1.82, 2.24) is 0 Å². The Morgan fingerprint density at radius 2 is 2.17 bits per heavy atom. The highest BCUT2D eigenvalue weighted by atomic mass is 16.3. The Morgan fingerprint density at radius 1 is 1.50 bits per heavy atom. The molecule has 64 valence electrons. The van der Waals surface area contributed by atoms with Gasteiger partial charge in [0.25, 0.3) is 0 Å². The monoisotopic (exact) mass is 162 g/mol. The molecule has 0 heterocycles. The van der Waals surface area contributed by atoms with Gasteiger partial charge < -0.3 is 5.11 Å². The largest absolute Gasteiger partial charge is 0.391 e. The zero-order valence-electron chi connectivity index (χ0n) is 7.54. The lowest BCUT2D eigenvalue weighted by Gasteiger charge is -2.36. The molecule has 1 heteroatoms. The molecule has 1 nitrogen and oxygen atoms in total. The Balaban J connectivity index is 2.26. The molecule has 0 spiro atoms. The van der Waals surface area contributed by atoms with E-state index in [-0.39, 0.29) is 16.9 Å². The van der Waals surface area contributed by atoms with E-state index in [1.807, 2.05) is 0 Å². The third-order valence-corrected chi connectivity index (χ3v) is 4.51. The highest BCUT2D eigenvalue weighted by molar-refractivity contribution is 5.49. The van der Waals surface area contributed by atoms with Gasteiger partial charge in [-0.1, -0.05) is 31.2 Å². The number of aliphatic hydroxyl groups excluding tert-OH is 1. The van der Waals surface area contributed by atoms with E-state index in [0.717, 1.165) is 0 Å². The second kappa shape index (κ2) is 1.44. The van der Waals surface area contributed by atoms with Gasteiger partial charge in [0.1, 0.15) is 0 Å². The van der Waals surface area contributed by atoms with E-state index in [0.29, 0.717) is 11.8 Å². The summed E-state index contributed by atoms with van der Waals surface area (Å²) in [5.74, 6) is 1.16. The first-order valence-electron chi connectivity index (χ1n) is 4.59. The van der Waals surface area contributed by atoms with E-state index in [1.54, 1.807) is 0 Å². The van der Waals surface area contributed by atoms with Gasteiger partial charge in [-0.2, -0.15) is 0 Å². The van der Waals surface area contributed by atoms with Gasteiger partial charge in [-0.25, -0.2) is 0 Å². The fraction of sp³-hybridized carbons (Fsp3) is 0.636. The maximum absolute atomic E-state index is 10.1. The van der Waals surface area contributed by atoms with Crippen LogP contribution in [0.3, 0.4) is 0 Å². The highest BCUT2D eigenvalue weighted by Gasteiger charge is 2.76. The van der Waals surface area contributed by atoms with Crippen LogP contribution in [0.15, 0.2) is 24.3 Å². The molecule has 0 aromatic rings. The van der Waals surface area contributed by atoms with Crippen LogP contribution in [0.2, 0.25) is 0 Å². The number of hydrogen-bond donors (Lipinski definition) is 1. The van der Waals surface area contributed by atoms with Crippen LogP contribution in [0.25, 0.3) is 0 Å². The van der Waals surface area contributed by atoms with E-state index in [1.165, 1.54) is 5.57 Å². The molecule has 0 aromatic carbocycles. The minimum atomic E-state index is -0.197. The van der Waals surface area contributed by atoms with Gasteiger partial charge in [0, 0.05) is 10.8 Å². The highest BCUT2D eigenvalue weighted by Crippen LogP contribution is 2.78. The first-order valence-corrected chi connectivity index (χ1v) is 4.59. The zero-order valence-corrected chi connectivity index (χ0v) is 7.54. The van der Waals surface area contributed by atoms with Gasteiger partial charge in [-0.3, -0.25) is 0 Å². The predicted molar refractivity (Wildman–Crippen MR) is 47.5 cm³/mol. The first kappa shape index (κ1) is 6.90. The molecular formula is C11H14O. The Morgan fingerprint density at radius 3 is 2.50 bits per heavy atom. The molecule has 5 unspecified atom stereocenters. The van der Waals surface area contributed by atoms with Crippen molar-refractivity contribution in [3.05, 3.63) is 24.3 Å². The van der Waals surface area contributed by atoms with Crippen LogP contribution in [0.4, 0.5) is 0 Å². The van der Waals surface area contributed by atoms with Crippen LogP contribution in [0.5, 0.6) is 0 Å². The molecule has 0 aromatic heterocycles. The van der Waals surface area contributed by atoms with Crippen LogP contribution in [-0.2, 0) is 0 Å². The maximum Gasteiger partial charge on any atom is 0.0730 e. The normalized spacial score (nSPS) is 65.6. The maximum atomic E-state index is 10.1. The standard InChI is InChI=1S/C11H14O/c1-6-8-7-4-5-10(6,2)9(12)11(7,8)3/h4-5,7-9,12H,1H2,2-3H3. The van der Waals surface area contributed by atoms with Crippen molar-refractivity contribution in [1.29, 1.82) is 0 Å². The van der Waals surface area contributed by atoms with Crippen molar-refractivity contribution in [2.45, 2.75) is 20.0 Å². The molecule has 0 aliphatic heterocycles. The second-order valence-corrected chi connectivity index (χ2v) is 4.94. The summed E-state index contributed by atoms with van der Waals surface area (Å²) in [5, 5.41) is 10.1.